The Morgan fingerprint density at radius 3 is 0.936 bits per heavy atom. The maximum atomic E-state index is 3.90. The summed E-state index contributed by atoms with van der Waals surface area (Å²) in [6.45, 7) is 11.7. The Bertz CT molecular complexity index is 1860. The van der Waals surface area contributed by atoms with Crippen molar-refractivity contribution in [1.82, 2.24) is 0 Å². The second-order valence-corrected chi connectivity index (χ2v) is 12.2. The molecule has 0 radical (unpaired) electrons. The molecule has 0 bridgehead atoms. The summed E-state index contributed by atoms with van der Waals surface area (Å²) in [5.74, 6) is 1.88. The third-order valence-electron chi connectivity index (χ3n) is 8.10. The molecule has 3 heteroatoms. The number of benzene rings is 6. The van der Waals surface area contributed by atoms with Gasteiger partial charge in [-0.2, -0.15) is 11.8 Å². The predicted molar refractivity (Wildman–Crippen MR) is 208 cm³/mol. The predicted octanol–water partition coefficient (Wildman–Crippen LogP) is 13.0. The highest BCUT2D eigenvalue weighted by Gasteiger charge is 2.14. The Morgan fingerprint density at radius 2 is 0.638 bits per heavy atom. The topological polar surface area (TPSA) is 6.48 Å². The molecule has 230 valence electrons. The third-order valence-corrected chi connectivity index (χ3v) is 9.18. The monoisotopic (exact) mass is 626 g/mol. The van der Waals surface area contributed by atoms with E-state index in [0.29, 0.717) is 0 Å². The summed E-state index contributed by atoms with van der Waals surface area (Å²) in [5, 5.41) is 0. The zero-order chi connectivity index (χ0) is 32.4. The number of hydrogen-bond acceptors (Lipinski definition) is 3. The van der Waals surface area contributed by atoms with Crippen molar-refractivity contribution in [3.8, 4) is 0 Å². The maximum absolute atomic E-state index is 3.90. The second kappa shape index (κ2) is 15.2. The molecule has 0 atom stereocenters. The molecule has 0 amide bonds. The van der Waals surface area contributed by atoms with Crippen LogP contribution in [0.2, 0.25) is 0 Å². The Kier molecular flexibility index (Phi) is 10.2. The van der Waals surface area contributed by atoms with Gasteiger partial charge in [-0.25, -0.2) is 0 Å². The first-order valence-corrected chi connectivity index (χ1v) is 16.9. The number of para-hydroxylation sites is 1. The van der Waals surface area contributed by atoms with E-state index in [-0.39, 0.29) is 0 Å². The number of hydrogen-bond donors (Lipinski definition) is 0. The first-order chi connectivity index (χ1) is 23.1. The number of rotatable bonds is 13. The van der Waals surface area contributed by atoms with E-state index in [1.165, 1.54) is 11.1 Å². The van der Waals surface area contributed by atoms with E-state index in [1.807, 2.05) is 30.0 Å². The smallest absolute Gasteiger partial charge is 0.0462 e. The van der Waals surface area contributed by atoms with Gasteiger partial charge in [0.1, 0.15) is 0 Å². The van der Waals surface area contributed by atoms with E-state index >= 15 is 0 Å². The van der Waals surface area contributed by atoms with Crippen molar-refractivity contribution in [3.05, 3.63) is 199 Å². The molecule has 47 heavy (non-hydrogen) atoms. The lowest BCUT2D eigenvalue weighted by Gasteiger charge is -2.26. The molecule has 2 nitrogen and oxygen atoms in total. The van der Waals surface area contributed by atoms with Gasteiger partial charge in [-0.15, -0.1) is 0 Å². The minimum absolute atomic E-state index is 0.940. The van der Waals surface area contributed by atoms with Gasteiger partial charge in [-0.1, -0.05) is 117 Å². The molecule has 0 heterocycles. The molecule has 6 aromatic rings. The number of nitrogens with zero attached hydrogens (tertiary/aromatic N) is 2. The van der Waals surface area contributed by atoms with Crippen LogP contribution in [-0.2, 0) is 11.5 Å². The van der Waals surface area contributed by atoms with Crippen molar-refractivity contribution in [3.63, 3.8) is 0 Å². The minimum atomic E-state index is 0.940. The second-order valence-electron chi connectivity index (χ2n) is 11.2. The van der Waals surface area contributed by atoms with Crippen molar-refractivity contribution < 1.29 is 0 Å². The number of thioether (sulfide) groups is 1. The van der Waals surface area contributed by atoms with Crippen molar-refractivity contribution in [2.75, 3.05) is 9.80 Å². The molecular formula is C44H38N2S. The molecule has 0 N–H and O–H groups in total. The lowest BCUT2D eigenvalue weighted by atomic mass is 10.1. The van der Waals surface area contributed by atoms with Crippen LogP contribution in [0.3, 0.4) is 0 Å². The molecular weight excluding hydrogens is 589 g/mol. The Hall–Kier alpha value is -5.51. The first-order valence-electron chi connectivity index (χ1n) is 15.7. The summed E-state index contributed by atoms with van der Waals surface area (Å²) in [5.41, 5.74) is 12.6. The lowest BCUT2D eigenvalue weighted by molar-refractivity contribution is 1.26. The fraction of sp³-hybridized carbons (Fsp3) is 0.0455. The third kappa shape index (κ3) is 7.66. The molecule has 0 aliphatic rings. The molecule has 0 spiro atoms. The van der Waals surface area contributed by atoms with Gasteiger partial charge >= 0.3 is 0 Å². The van der Waals surface area contributed by atoms with Crippen molar-refractivity contribution in [2.24, 2.45) is 0 Å². The standard InChI is InChI=1S/C44H38N2S/c1-4-34-12-22-40(23-13-34)45(39-10-8-7-9-11-39)43-28-18-37(19-29-43)32-47-33-38-20-30-44(31-21-38)46(41-24-14-35(5-2)15-25-41)42-26-16-36(6-3)17-27-42/h4-31H,1-3,32-33H2. The highest BCUT2D eigenvalue weighted by Crippen LogP contribution is 2.37. The molecule has 0 fully saturated rings. The minimum Gasteiger partial charge on any atom is -0.311 e. The van der Waals surface area contributed by atoms with E-state index in [1.54, 1.807) is 0 Å². The molecule has 0 saturated heterocycles. The van der Waals surface area contributed by atoms with E-state index in [9.17, 15) is 0 Å². The Balaban J connectivity index is 1.14. The van der Waals surface area contributed by atoms with Gasteiger partial charge in [-0.3, -0.25) is 0 Å². The van der Waals surface area contributed by atoms with Crippen LogP contribution in [-0.4, -0.2) is 0 Å². The van der Waals surface area contributed by atoms with E-state index in [2.05, 4.69) is 181 Å². The molecule has 6 aromatic carbocycles. The summed E-state index contributed by atoms with van der Waals surface area (Å²) in [6.07, 6.45) is 5.62. The largest absolute Gasteiger partial charge is 0.311 e. The van der Waals surface area contributed by atoms with E-state index < -0.39 is 0 Å². The average molecular weight is 627 g/mol. The van der Waals surface area contributed by atoms with Gasteiger partial charge in [0.15, 0.2) is 0 Å². The Morgan fingerprint density at radius 1 is 0.362 bits per heavy atom. The van der Waals surface area contributed by atoms with Gasteiger partial charge in [0.25, 0.3) is 0 Å². The Labute approximate surface area is 283 Å². The van der Waals surface area contributed by atoms with Crippen molar-refractivity contribution >= 4 is 64.1 Å². The molecule has 0 aromatic heterocycles. The fourth-order valence-electron chi connectivity index (χ4n) is 5.52. The van der Waals surface area contributed by atoms with Gasteiger partial charge in [0, 0.05) is 45.6 Å². The van der Waals surface area contributed by atoms with Gasteiger partial charge in [-0.05, 0) is 101 Å². The highest BCUT2D eigenvalue weighted by atomic mass is 32.2. The zero-order valence-corrected chi connectivity index (χ0v) is 27.3. The van der Waals surface area contributed by atoms with Crippen LogP contribution in [0.15, 0.2) is 171 Å². The van der Waals surface area contributed by atoms with Crippen LogP contribution in [0.4, 0.5) is 34.1 Å². The van der Waals surface area contributed by atoms with Crippen LogP contribution < -0.4 is 9.80 Å². The fourth-order valence-corrected chi connectivity index (χ4v) is 6.48. The normalized spacial score (nSPS) is 10.6. The SMILES string of the molecule is C=Cc1ccc(N(c2ccccc2)c2ccc(CSCc3ccc(N(c4ccc(C=C)cc4)c4ccc(C=C)cc4)cc3)cc2)cc1. The average Bonchev–Trinajstić information content (AvgIpc) is 3.14. The molecule has 6 rings (SSSR count). The first kappa shape index (κ1) is 31.5. The van der Waals surface area contributed by atoms with Crippen molar-refractivity contribution in [2.45, 2.75) is 11.5 Å². The molecule has 0 saturated carbocycles. The summed E-state index contributed by atoms with van der Waals surface area (Å²) < 4.78 is 0. The maximum Gasteiger partial charge on any atom is 0.0462 e. The summed E-state index contributed by atoms with van der Waals surface area (Å²) in [7, 11) is 0. The quantitative estimate of drug-likeness (QED) is 0.126. The van der Waals surface area contributed by atoms with E-state index in [0.717, 1.165) is 62.3 Å². The van der Waals surface area contributed by atoms with E-state index in [4.69, 9.17) is 0 Å². The zero-order valence-electron chi connectivity index (χ0n) is 26.5. The van der Waals surface area contributed by atoms with Crippen LogP contribution in [0.25, 0.3) is 18.2 Å². The molecule has 0 aliphatic heterocycles. The summed E-state index contributed by atoms with van der Waals surface area (Å²) in [6, 6.07) is 53.8. The molecule has 0 unspecified atom stereocenters. The number of anilines is 6. The van der Waals surface area contributed by atoms with Gasteiger partial charge in [0.05, 0.1) is 0 Å². The summed E-state index contributed by atoms with van der Waals surface area (Å²) >= 11 is 1.93. The molecule has 0 aliphatic carbocycles. The lowest BCUT2D eigenvalue weighted by Crippen LogP contribution is -2.10. The van der Waals surface area contributed by atoms with Crippen LogP contribution in [0.1, 0.15) is 27.8 Å². The van der Waals surface area contributed by atoms with Crippen LogP contribution in [0.5, 0.6) is 0 Å². The van der Waals surface area contributed by atoms with Crippen molar-refractivity contribution in [1.29, 1.82) is 0 Å². The van der Waals surface area contributed by atoms with Gasteiger partial charge < -0.3 is 9.80 Å². The van der Waals surface area contributed by atoms with Crippen LogP contribution >= 0.6 is 11.8 Å². The van der Waals surface area contributed by atoms with Gasteiger partial charge in [0.2, 0.25) is 0 Å². The summed E-state index contributed by atoms with van der Waals surface area (Å²) in [4.78, 5) is 4.57. The van der Waals surface area contributed by atoms with Crippen LogP contribution in [0, 0.1) is 0 Å². The highest BCUT2D eigenvalue weighted by molar-refractivity contribution is 7.97.